The lowest BCUT2D eigenvalue weighted by Crippen LogP contribution is -2.01. The molecule has 2 N–H and O–H groups in total. The molecule has 0 rings (SSSR count). The molecule has 0 unspecified atom stereocenters. The average Bonchev–Trinajstić information content (AvgIpc) is 3.03. The van der Waals surface area contributed by atoms with Crippen LogP contribution in [0.25, 0.3) is 0 Å². The highest BCUT2D eigenvalue weighted by molar-refractivity contribution is 7.99. The Morgan fingerprint density at radius 3 is 0.796 bits per heavy atom. The minimum absolute atomic E-state index is 0.774. The van der Waals surface area contributed by atoms with Crippen LogP contribution >= 0.6 is 11.8 Å². The molecule has 0 amide bonds. The zero-order chi connectivity index (χ0) is 36.7. The Hall–Kier alpha value is -2.03. The van der Waals surface area contributed by atoms with Crippen LogP contribution in [0.3, 0.4) is 0 Å². The van der Waals surface area contributed by atoms with E-state index < -0.39 is 0 Å². The van der Waals surface area contributed by atoms with Crippen LogP contribution in [0, 0.1) is 0 Å². The zero-order valence-electron chi connectivity index (χ0n) is 34.1. The maximum absolute atomic E-state index is 5.57. The van der Waals surface area contributed by atoms with Crippen LogP contribution in [0.1, 0.15) is 172 Å². The van der Waals surface area contributed by atoms with Gasteiger partial charge in [0.15, 0.2) is 0 Å². The van der Waals surface area contributed by atoms with Crippen LogP contribution in [0.2, 0.25) is 0 Å². The Morgan fingerprint density at radius 1 is 0.347 bits per heavy atom. The maximum atomic E-state index is 5.57. The van der Waals surface area contributed by atoms with Crippen molar-refractivity contribution in [2.75, 3.05) is 18.1 Å². The van der Waals surface area contributed by atoms with Gasteiger partial charge in [0.1, 0.15) is 0 Å². The third-order valence-electron chi connectivity index (χ3n) is 9.12. The molecule has 278 valence electrons. The molecule has 49 heavy (non-hydrogen) atoms. The molecule has 0 saturated carbocycles. The standard InChI is InChI=1S/C47H79NS/c1-39(2)19-11-20-40(3)21-12-22-41(4)23-13-24-42(5)25-14-26-43(6)27-15-28-44(7)29-16-30-45(8)31-17-32-46(9)33-18-34-47(10)35-37-49-38-36-48/h19,21,23,25,27,29,31,33,35H,11-18,20,22,24,26,28,30,32,34,36-38,48H2,1-10H3. The van der Waals surface area contributed by atoms with Gasteiger partial charge in [-0.1, -0.05) is 105 Å². The van der Waals surface area contributed by atoms with Crippen molar-refractivity contribution in [1.29, 1.82) is 0 Å². The van der Waals surface area contributed by atoms with Crippen molar-refractivity contribution in [3.05, 3.63) is 105 Å². The lowest BCUT2D eigenvalue weighted by molar-refractivity contribution is 0.880. The Balaban J connectivity index is 4.21. The van der Waals surface area contributed by atoms with E-state index in [1.54, 1.807) is 0 Å². The van der Waals surface area contributed by atoms with Crippen molar-refractivity contribution in [2.24, 2.45) is 5.73 Å². The van der Waals surface area contributed by atoms with E-state index in [0.717, 1.165) is 50.2 Å². The molecule has 0 radical (unpaired) electrons. The van der Waals surface area contributed by atoms with Crippen LogP contribution in [0.5, 0.6) is 0 Å². The van der Waals surface area contributed by atoms with E-state index in [0.29, 0.717) is 0 Å². The van der Waals surface area contributed by atoms with Gasteiger partial charge in [0.05, 0.1) is 0 Å². The van der Waals surface area contributed by atoms with E-state index in [1.807, 2.05) is 11.8 Å². The molecule has 0 aliphatic heterocycles. The zero-order valence-corrected chi connectivity index (χ0v) is 34.9. The highest BCUT2D eigenvalue weighted by Gasteiger charge is 1.97. The van der Waals surface area contributed by atoms with Crippen molar-refractivity contribution < 1.29 is 0 Å². The topological polar surface area (TPSA) is 26.0 Å². The largest absolute Gasteiger partial charge is 0.330 e. The van der Waals surface area contributed by atoms with Crippen molar-refractivity contribution in [1.82, 2.24) is 0 Å². The molecule has 0 spiro atoms. The Kier molecular flexibility index (Phi) is 30.6. The summed E-state index contributed by atoms with van der Waals surface area (Å²) in [5.41, 5.74) is 19.2. The van der Waals surface area contributed by atoms with Crippen molar-refractivity contribution in [3.63, 3.8) is 0 Å². The quantitative estimate of drug-likeness (QED) is 0.0653. The molecule has 0 aliphatic rings. The van der Waals surface area contributed by atoms with Crippen LogP contribution < -0.4 is 5.73 Å². The second kappa shape index (κ2) is 31.9. The molecule has 0 atom stereocenters. The van der Waals surface area contributed by atoms with E-state index in [2.05, 4.69) is 124 Å². The maximum Gasteiger partial charge on any atom is 0.0116 e. The first-order valence-corrected chi connectivity index (χ1v) is 20.7. The van der Waals surface area contributed by atoms with Gasteiger partial charge in [-0.2, -0.15) is 11.8 Å². The molecule has 1 nitrogen and oxygen atoms in total. The smallest absolute Gasteiger partial charge is 0.0116 e. The van der Waals surface area contributed by atoms with Crippen molar-refractivity contribution in [3.8, 4) is 0 Å². The average molecular weight is 690 g/mol. The molecule has 0 aromatic heterocycles. The molecular formula is C47H79NS. The first-order chi connectivity index (χ1) is 23.4. The van der Waals surface area contributed by atoms with E-state index in [1.165, 1.54) is 121 Å². The molecular weight excluding hydrogens is 611 g/mol. The summed E-state index contributed by atoms with van der Waals surface area (Å²) in [7, 11) is 0. The number of hydrogen-bond acceptors (Lipinski definition) is 2. The monoisotopic (exact) mass is 690 g/mol. The van der Waals surface area contributed by atoms with Crippen LogP contribution in [0.4, 0.5) is 0 Å². The molecule has 0 bridgehead atoms. The van der Waals surface area contributed by atoms with E-state index in [9.17, 15) is 0 Å². The fourth-order valence-electron chi connectivity index (χ4n) is 5.60. The third kappa shape index (κ3) is 32.9. The van der Waals surface area contributed by atoms with Gasteiger partial charge in [0.25, 0.3) is 0 Å². The lowest BCUT2D eigenvalue weighted by Gasteiger charge is -2.04. The number of rotatable bonds is 28. The van der Waals surface area contributed by atoms with Gasteiger partial charge in [-0.25, -0.2) is 0 Å². The number of thioether (sulfide) groups is 1. The van der Waals surface area contributed by atoms with Gasteiger partial charge in [-0.3, -0.25) is 0 Å². The molecule has 0 aromatic rings. The normalized spacial score (nSPS) is 14.6. The minimum Gasteiger partial charge on any atom is -0.330 e. The van der Waals surface area contributed by atoms with Gasteiger partial charge < -0.3 is 5.73 Å². The number of hydrogen-bond donors (Lipinski definition) is 1. The Bertz CT molecular complexity index is 1160. The van der Waals surface area contributed by atoms with Gasteiger partial charge >= 0.3 is 0 Å². The predicted octanol–water partition coefficient (Wildman–Crippen LogP) is 15.5. The van der Waals surface area contributed by atoms with E-state index >= 15 is 0 Å². The van der Waals surface area contributed by atoms with E-state index in [-0.39, 0.29) is 0 Å². The fourth-order valence-corrected chi connectivity index (χ4v) is 6.33. The summed E-state index contributed by atoms with van der Waals surface area (Å²) in [6.07, 6.45) is 40.6. The molecule has 0 aromatic carbocycles. The van der Waals surface area contributed by atoms with Gasteiger partial charge in [-0.15, -0.1) is 0 Å². The van der Waals surface area contributed by atoms with Crippen LogP contribution in [-0.4, -0.2) is 18.1 Å². The molecule has 0 saturated heterocycles. The van der Waals surface area contributed by atoms with Crippen LogP contribution in [-0.2, 0) is 0 Å². The molecule has 0 fully saturated rings. The first-order valence-electron chi connectivity index (χ1n) is 19.6. The predicted molar refractivity (Wildman–Crippen MR) is 230 cm³/mol. The number of allylic oxidation sites excluding steroid dienone is 17. The summed E-state index contributed by atoms with van der Waals surface area (Å²) in [5.74, 6) is 2.14. The second-order valence-corrected chi connectivity index (χ2v) is 16.0. The van der Waals surface area contributed by atoms with Crippen molar-refractivity contribution >= 4 is 11.8 Å². The Labute approximate surface area is 311 Å². The molecule has 0 aliphatic carbocycles. The summed E-state index contributed by atoms with van der Waals surface area (Å²) in [6, 6.07) is 0. The highest BCUT2D eigenvalue weighted by Crippen LogP contribution is 2.18. The first kappa shape index (κ1) is 47.0. The Morgan fingerprint density at radius 2 is 0.571 bits per heavy atom. The molecule has 2 heteroatoms. The number of nitrogens with two attached hydrogens (primary N) is 1. The highest BCUT2D eigenvalue weighted by atomic mass is 32.2. The lowest BCUT2D eigenvalue weighted by atomic mass is 10.0. The molecule has 0 heterocycles. The third-order valence-corrected chi connectivity index (χ3v) is 10.1. The van der Waals surface area contributed by atoms with Crippen LogP contribution in [0.15, 0.2) is 105 Å². The summed E-state index contributed by atoms with van der Waals surface area (Å²) in [4.78, 5) is 0. The second-order valence-electron chi connectivity index (χ2n) is 14.9. The SMILES string of the molecule is CC(C)=CCCC(C)=CCCC(C)=CCCC(C)=CCCC(C)=CCCC(C)=CCCC(C)=CCCC(C)=CCCC(C)=CCSCCN. The summed E-state index contributed by atoms with van der Waals surface area (Å²) >= 11 is 1.92. The van der Waals surface area contributed by atoms with Crippen molar-refractivity contribution in [2.45, 2.75) is 172 Å². The summed E-state index contributed by atoms with van der Waals surface area (Å²) in [6.45, 7) is 23.5. The minimum atomic E-state index is 0.774. The van der Waals surface area contributed by atoms with Gasteiger partial charge in [0.2, 0.25) is 0 Å². The van der Waals surface area contributed by atoms with Gasteiger partial charge in [0, 0.05) is 18.1 Å². The summed E-state index contributed by atoms with van der Waals surface area (Å²) < 4.78 is 0. The summed E-state index contributed by atoms with van der Waals surface area (Å²) in [5, 5.41) is 0. The van der Waals surface area contributed by atoms with Gasteiger partial charge in [-0.05, 0) is 172 Å². The fraction of sp³-hybridized carbons (Fsp3) is 0.617. The van der Waals surface area contributed by atoms with E-state index in [4.69, 9.17) is 5.73 Å².